The molecule has 0 spiro atoms. The lowest BCUT2D eigenvalue weighted by Gasteiger charge is -1.99. The van der Waals surface area contributed by atoms with Gasteiger partial charge in [0.2, 0.25) is 0 Å². The summed E-state index contributed by atoms with van der Waals surface area (Å²) >= 11 is 0. The maximum atomic E-state index is 10.9. The molecule has 1 N–H and O–H groups in total. The normalized spacial score (nSPS) is 16.4. The van der Waals surface area contributed by atoms with Crippen LogP contribution in [0, 0.1) is 0 Å². The first kappa shape index (κ1) is 14.2. The molecule has 0 fully saturated rings. The van der Waals surface area contributed by atoms with E-state index in [0.29, 0.717) is 12.0 Å². The summed E-state index contributed by atoms with van der Waals surface area (Å²) in [6.45, 7) is 3.94. The number of carbonyl (C=O) groups is 1. The highest BCUT2D eigenvalue weighted by Crippen LogP contribution is 2.19. The molecule has 0 aromatic heterocycles. The summed E-state index contributed by atoms with van der Waals surface area (Å²) in [5.74, 6) is -0.867. The number of aliphatic imine (C=N–C) groups is 1. The van der Waals surface area contributed by atoms with Crippen molar-refractivity contribution in [1.29, 1.82) is 0 Å². The largest absolute Gasteiger partial charge is 0.478 e. The van der Waals surface area contributed by atoms with Gasteiger partial charge in [0.05, 0.1) is 5.70 Å². The lowest BCUT2D eigenvalue weighted by atomic mass is 10.2. The van der Waals surface area contributed by atoms with Crippen LogP contribution in [0.4, 0.5) is 0 Å². The van der Waals surface area contributed by atoms with Gasteiger partial charge in [0, 0.05) is 11.8 Å². The van der Waals surface area contributed by atoms with Crippen molar-refractivity contribution < 1.29 is 9.90 Å². The van der Waals surface area contributed by atoms with Crippen LogP contribution < -0.4 is 0 Å². The first-order valence-corrected chi connectivity index (χ1v) is 6.10. The van der Waals surface area contributed by atoms with E-state index in [4.69, 9.17) is 5.11 Å². The van der Waals surface area contributed by atoms with Gasteiger partial charge in [-0.2, -0.15) is 0 Å². The van der Waals surface area contributed by atoms with Crippen molar-refractivity contribution in [3.63, 3.8) is 0 Å². The lowest BCUT2D eigenvalue weighted by Crippen LogP contribution is -1.98. The zero-order valence-electron chi connectivity index (χ0n) is 10.9. The van der Waals surface area contributed by atoms with Gasteiger partial charge >= 0.3 is 5.97 Å². The van der Waals surface area contributed by atoms with Gasteiger partial charge in [0.1, 0.15) is 0 Å². The van der Waals surface area contributed by atoms with Crippen molar-refractivity contribution in [1.82, 2.24) is 0 Å². The van der Waals surface area contributed by atoms with Crippen LogP contribution >= 0.6 is 0 Å². The number of unbranched alkanes of at least 4 members (excludes halogenated alkanes) is 1. The third kappa shape index (κ3) is 4.53. The quantitative estimate of drug-likeness (QED) is 0.456. The second kappa shape index (κ2) is 7.43. The Morgan fingerprint density at radius 1 is 1.44 bits per heavy atom. The number of hydrogen-bond acceptors (Lipinski definition) is 2. The van der Waals surface area contributed by atoms with Crippen LogP contribution in [0.2, 0.25) is 0 Å². The van der Waals surface area contributed by atoms with E-state index in [-0.39, 0.29) is 0 Å². The van der Waals surface area contributed by atoms with Crippen LogP contribution in [-0.2, 0) is 4.79 Å². The summed E-state index contributed by atoms with van der Waals surface area (Å²) in [5.41, 5.74) is 2.25. The topological polar surface area (TPSA) is 49.7 Å². The summed E-state index contributed by atoms with van der Waals surface area (Å²) in [5, 5.41) is 8.94. The number of nitrogens with zero attached hydrogens (tertiary/aromatic N) is 1. The Morgan fingerprint density at radius 2 is 2.22 bits per heavy atom. The fourth-order valence-electron chi connectivity index (χ4n) is 1.56. The number of carboxylic acid groups (broad SMARTS) is 1. The first-order valence-electron chi connectivity index (χ1n) is 6.10. The Morgan fingerprint density at radius 3 is 2.89 bits per heavy atom. The minimum absolute atomic E-state index is 0.397. The van der Waals surface area contributed by atoms with Crippen LogP contribution in [0.25, 0.3) is 0 Å². The van der Waals surface area contributed by atoms with Crippen molar-refractivity contribution in [3.8, 4) is 0 Å². The Hall–Kier alpha value is -1.90. The Labute approximate surface area is 108 Å². The van der Waals surface area contributed by atoms with Crippen LogP contribution in [0.3, 0.4) is 0 Å². The smallest absolute Gasteiger partial charge is 0.331 e. The van der Waals surface area contributed by atoms with Gasteiger partial charge in [0.15, 0.2) is 0 Å². The zero-order chi connectivity index (χ0) is 13.4. The van der Waals surface area contributed by atoms with E-state index in [1.165, 1.54) is 0 Å². The first-order chi connectivity index (χ1) is 8.65. The monoisotopic (exact) mass is 245 g/mol. The average Bonchev–Trinajstić information content (AvgIpc) is 2.52. The molecular formula is C15H19NO2. The average molecular weight is 245 g/mol. The highest BCUT2D eigenvalue weighted by Gasteiger charge is 2.08. The molecule has 0 atom stereocenters. The molecule has 0 bridgehead atoms. The van der Waals surface area contributed by atoms with Gasteiger partial charge in [0.25, 0.3) is 0 Å². The van der Waals surface area contributed by atoms with Crippen molar-refractivity contribution in [2.45, 2.75) is 33.1 Å². The summed E-state index contributed by atoms with van der Waals surface area (Å²) in [6, 6.07) is 0. The van der Waals surface area contributed by atoms with Gasteiger partial charge in [-0.3, -0.25) is 4.99 Å². The molecule has 0 unspecified atom stereocenters. The Kier molecular flexibility index (Phi) is 5.85. The van der Waals surface area contributed by atoms with Gasteiger partial charge in [-0.15, -0.1) is 0 Å². The van der Waals surface area contributed by atoms with Crippen molar-refractivity contribution in [2.75, 3.05) is 0 Å². The minimum atomic E-state index is -0.867. The van der Waals surface area contributed by atoms with E-state index in [0.717, 1.165) is 24.1 Å². The van der Waals surface area contributed by atoms with E-state index in [1.54, 1.807) is 6.08 Å². The molecule has 0 saturated heterocycles. The Balaban J connectivity index is 2.65. The third-order valence-corrected chi connectivity index (χ3v) is 2.66. The number of carboxylic acids is 1. The second-order valence-corrected chi connectivity index (χ2v) is 4.10. The summed E-state index contributed by atoms with van der Waals surface area (Å²) < 4.78 is 0. The molecule has 18 heavy (non-hydrogen) atoms. The minimum Gasteiger partial charge on any atom is -0.478 e. The van der Waals surface area contributed by atoms with Crippen molar-refractivity contribution >= 4 is 12.2 Å². The molecular weight excluding hydrogens is 226 g/mol. The number of aliphatic carboxylic acids is 1. The Bertz CT molecular complexity index is 451. The van der Waals surface area contributed by atoms with Crippen molar-refractivity contribution in [3.05, 3.63) is 47.2 Å². The van der Waals surface area contributed by atoms with E-state index in [9.17, 15) is 4.79 Å². The summed E-state index contributed by atoms with van der Waals surface area (Å²) in [7, 11) is 0. The van der Waals surface area contributed by atoms with Crippen LogP contribution in [0.5, 0.6) is 0 Å². The number of hydrogen-bond donors (Lipinski definition) is 1. The molecule has 3 heteroatoms. The fourth-order valence-corrected chi connectivity index (χ4v) is 1.56. The third-order valence-electron chi connectivity index (χ3n) is 2.66. The summed E-state index contributed by atoms with van der Waals surface area (Å²) in [4.78, 5) is 15.3. The van der Waals surface area contributed by atoms with E-state index < -0.39 is 5.97 Å². The molecule has 3 nitrogen and oxygen atoms in total. The fraction of sp³-hybridized carbons (Fsp3) is 0.333. The standard InChI is InChI=1S/C15H19NO2/c1-3-4-5-6-11-16-14-10-9-13(15(17)18)8-7-12(14)2/h3-4,7-8,10-11H,5-6,9H2,1-2H3,(H,17,18)/b4-3-,16-11?. The molecule has 1 aliphatic rings. The van der Waals surface area contributed by atoms with Gasteiger partial charge in [-0.05, 0) is 38.7 Å². The molecule has 0 aromatic rings. The molecule has 1 rings (SSSR count). The molecule has 0 aliphatic heterocycles. The van der Waals surface area contributed by atoms with Crippen molar-refractivity contribution in [2.24, 2.45) is 4.99 Å². The van der Waals surface area contributed by atoms with E-state index in [1.807, 2.05) is 38.3 Å². The molecule has 1 aliphatic carbocycles. The van der Waals surface area contributed by atoms with Gasteiger partial charge < -0.3 is 5.11 Å². The van der Waals surface area contributed by atoms with Crippen LogP contribution in [0.15, 0.2) is 52.2 Å². The van der Waals surface area contributed by atoms with Gasteiger partial charge in [-0.25, -0.2) is 4.79 Å². The van der Waals surface area contributed by atoms with Crippen LogP contribution in [-0.4, -0.2) is 17.3 Å². The molecule has 0 amide bonds. The lowest BCUT2D eigenvalue weighted by molar-refractivity contribution is -0.132. The second-order valence-electron chi connectivity index (χ2n) is 4.10. The summed E-state index contributed by atoms with van der Waals surface area (Å²) in [6.07, 6.45) is 13.6. The molecule has 0 saturated carbocycles. The zero-order valence-corrected chi connectivity index (χ0v) is 10.9. The molecule has 0 aromatic carbocycles. The number of rotatable bonds is 5. The predicted octanol–water partition coefficient (Wildman–Crippen LogP) is 3.66. The number of allylic oxidation sites excluding steroid dienone is 6. The maximum Gasteiger partial charge on any atom is 0.331 e. The van der Waals surface area contributed by atoms with E-state index in [2.05, 4.69) is 11.1 Å². The maximum absolute atomic E-state index is 10.9. The SMILES string of the molecule is C/C=C\CCC=NC1=CCC(C(=O)O)=CC=C1C. The van der Waals surface area contributed by atoms with Crippen LogP contribution in [0.1, 0.15) is 33.1 Å². The van der Waals surface area contributed by atoms with E-state index >= 15 is 0 Å². The predicted molar refractivity (Wildman–Crippen MR) is 74.7 cm³/mol. The molecule has 0 radical (unpaired) electrons. The molecule has 0 heterocycles. The van der Waals surface area contributed by atoms with Gasteiger partial charge in [-0.1, -0.05) is 30.4 Å². The molecule has 96 valence electrons. The highest BCUT2D eigenvalue weighted by atomic mass is 16.4. The highest BCUT2D eigenvalue weighted by molar-refractivity contribution is 5.87.